The van der Waals surface area contributed by atoms with Gasteiger partial charge in [-0.3, -0.25) is 14.5 Å². The molecule has 29 heavy (non-hydrogen) atoms. The number of pyridine rings is 1. The smallest absolute Gasteiger partial charge is 0.274 e. The molecule has 1 N–H and O–H groups in total. The van der Waals surface area contributed by atoms with Crippen LogP contribution in [0.25, 0.3) is 10.9 Å². The van der Waals surface area contributed by atoms with E-state index in [1.165, 1.54) is 36.7 Å². The molecule has 0 atom stereocenters. The molecule has 5 nitrogen and oxygen atoms in total. The van der Waals surface area contributed by atoms with Crippen LogP contribution in [-0.4, -0.2) is 33.3 Å². The molecular formula is C22H21ClFN3O2. The molecule has 4 rings (SSSR count). The first kappa shape index (κ1) is 19.6. The van der Waals surface area contributed by atoms with Crippen LogP contribution in [0.5, 0.6) is 0 Å². The Morgan fingerprint density at radius 2 is 1.79 bits per heavy atom. The number of carbonyl (C=O) groups excluding carboxylic acids is 1. The van der Waals surface area contributed by atoms with E-state index in [1.54, 1.807) is 0 Å². The minimum absolute atomic E-state index is 0.118. The highest BCUT2D eigenvalue weighted by Crippen LogP contribution is 2.16. The quantitative estimate of drug-likeness (QED) is 0.642. The number of hydrogen-bond acceptors (Lipinski definition) is 3. The van der Waals surface area contributed by atoms with E-state index in [2.05, 4.69) is 9.88 Å². The number of fused-ring (bicyclic) bond motifs is 1. The lowest BCUT2D eigenvalue weighted by Gasteiger charge is -2.16. The Hall–Kier alpha value is -2.70. The summed E-state index contributed by atoms with van der Waals surface area (Å²) in [6, 6.07) is 11.8. The Kier molecular flexibility index (Phi) is 5.65. The first-order chi connectivity index (χ1) is 14.0. The Bertz CT molecular complexity index is 1090. The SMILES string of the molecule is O=C(c1c[nH]c2ccc(F)cc2c1=O)N(Cl)Cc1ccc(CN2CCCC2)cc1. The van der Waals surface area contributed by atoms with E-state index in [1.807, 2.05) is 24.3 Å². The van der Waals surface area contributed by atoms with E-state index in [4.69, 9.17) is 11.8 Å². The molecule has 0 radical (unpaired) electrons. The fraction of sp³-hybridized carbons (Fsp3) is 0.273. The summed E-state index contributed by atoms with van der Waals surface area (Å²) in [5, 5.41) is 0.118. The summed E-state index contributed by atoms with van der Waals surface area (Å²) < 4.78 is 14.5. The number of rotatable bonds is 5. The van der Waals surface area contributed by atoms with Crippen molar-refractivity contribution in [3.63, 3.8) is 0 Å². The van der Waals surface area contributed by atoms with Crippen LogP contribution in [0.4, 0.5) is 4.39 Å². The van der Waals surface area contributed by atoms with E-state index in [0.29, 0.717) is 5.52 Å². The fourth-order valence-corrected chi connectivity index (χ4v) is 3.89. The van der Waals surface area contributed by atoms with Gasteiger partial charge in [0.2, 0.25) is 5.43 Å². The second kappa shape index (κ2) is 8.35. The second-order valence-corrected chi connectivity index (χ2v) is 7.75. The van der Waals surface area contributed by atoms with Gasteiger partial charge in [-0.05, 0) is 55.3 Å². The molecule has 2 heterocycles. The van der Waals surface area contributed by atoms with Crippen molar-refractivity contribution in [1.29, 1.82) is 0 Å². The number of nitrogens with one attached hydrogen (secondary N) is 1. The number of likely N-dealkylation sites (tertiary alicyclic amines) is 1. The Balaban J connectivity index is 1.47. The van der Waals surface area contributed by atoms with Gasteiger partial charge >= 0.3 is 0 Å². The zero-order valence-corrected chi connectivity index (χ0v) is 16.6. The minimum Gasteiger partial charge on any atom is -0.360 e. The van der Waals surface area contributed by atoms with Crippen LogP contribution in [0.15, 0.2) is 53.5 Å². The number of hydrogen-bond donors (Lipinski definition) is 1. The van der Waals surface area contributed by atoms with Crippen LogP contribution in [0, 0.1) is 5.82 Å². The lowest BCUT2D eigenvalue weighted by atomic mass is 10.1. The van der Waals surface area contributed by atoms with Crippen LogP contribution in [0.2, 0.25) is 0 Å². The predicted octanol–water partition coefficient (Wildman–Crippen LogP) is 4.06. The second-order valence-electron chi connectivity index (χ2n) is 7.35. The zero-order chi connectivity index (χ0) is 20.4. The number of aromatic nitrogens is 1. The van der Waals surface area contributed by atoms with Gasteiger partial charge in [-0.25, -0.2) is 8.81 Å². The van der Waals surface area contributed by atoms with Crippen LogP contribution in [0.3, 0.4) is 0 Å². The van der Waals surface area contributed by atoms with Gasteiger partial charge in [0, 0.05) is 35.4 Å². The normalized spacial score (nSPS) is 14.4. The van der Waals surface area contributed by atoms with Crippen molar-refractivity contribution >= 4 is 28.6 Å². The summed E-state index contributed by atoms with van der Waals surface area (Å²) in [7, 11) is 0. The summed E-state index contributed by atoms with van der Waals surface area (Å²) in [5.74, 6) is -1.16. The average molecular weight is 414 g/mol. The maximum Gasteiger partial charge on any atom is 0.274 e. The van der Waals surface area contributed by atoms with Crippen LogP contribution >= 0.6 is 11.8 Å². The zero-order valence-electron chi connectivity index (χ0n) is 15.8. The third kappa shape index (κ3) is 4.33. The molecule has 0 bridgehead atoms. The molecular weight excluding hydrogens is 393 g/mol. The highest BCUT2D eigenvalue weighted by atomic mass is 35.5. The molecule has 1 saturated heterocycles. The van der Waals surface area contributed by atoms with Crippen LogP contribution in [-0.2, 0) is 13.1 Å². The van der Waals surface area contributed by atoms with Crippen molar-refractivity contribution < 1.29 is 9.18 Å². The van der Waals surface area contributed by atoms with E-state index in [0.717, 1.165) is 35.7 Å². The Labute approximate surface area is 172 Å². The molecule has 1 amide bonds. The maximum absolute atomic E-state index is 13.5. The van der Waals surface area contributed by atoms with E-state index >= 15 is 0 Å². The van der Waals surface area contributed by atoms with E-state index < -0.39 is 17.2 Å². The molecule has 0 aliphatic carbocycles. The van der Waals surface area contributed by atoms with E-state index in [9.17, 15) is 14.0 Å². The number of aromatic amines is 1. The number of halogens is 2. The van der Waals surface area contributed by atoms with Crippen molar-refractivity contribution in [3.8, 4) is 0 Å². The van der Waals surface area contributed by atoms with E-state index in [-0.39, 0.29) is 17.5 Å². The molecule has 0 saturated carbocycles. The third-order valence-electron chi connectivity index (χ3n) is 5.24. The van der Waals surface area contributed by atoms with Gasteiger partial charge in [0.1, 0.15) is 11.4 Å². The van der Waals surface area contributed by atoms with Gasteiger partial charge < -0.3 is 4.98 Å². The fourth-order valence-electron chi connectivity index (χ4n) is 3.66. The number of amides is 1. The molecule has 1 aliphatic rings. The number of benzene rings is 2. The summed E-state index contributed by atoms with van der Waals surface area (Å²) in [5.41, 5.74) is 1.87. The maximum atomic E-state index is 13.5. The average Bonchev–Trinajstić information content (AvgIpc) is 3.23. The number of nitrogens with zero attached hydrogens (tertiary/aromatic N) is 2. The highest BCUT2D eigenvalue weighted by Gasteiger charge is 2.19. The predicted molar refractivity (Wildman–Crippen MR) is 111 cm³/mol. The van der Waals surface area contributed by atoms with Gasteiger partial charge in [-0.2, -0.15) is 0 Å². The first-order valence-electron chi connectivity index (χ1n) is 9.60. The van der Waals surface area contributed by atoms with Gasteiger partial charge in [0.15, 0.2) is 0 Å². The van der Waals surface area contributed by atoms with Crippen LogP contribution < -0.4 is 5.43 Å². The molecule has 150 valence electrons. The van der Waals surface area contributed by atoms with Gasteiger partial charge in [-0.15, -0.1) is 0 Å². The molecule has 2 aromatic carbocycles. The van der Waals surface area contributed by atoms with Crippen molar-refractivity contribution in [2.45, 2.75) is 25.9 Å². The summed E-state index contributed by atoms with van der Waals surface area (Å²) in [6.07, 6.45) is 3.82. The molecule has 1 aliphatic heterocycles. The molecule has 1 fully saturated rings. The van der Waals surface area contributed by atoms with Crippen molar-refractivity contribution in [2.24, 2.45) is 0 Å². The topological polar surface area (TPSA) is 56.4 Å². The van der Waals surface area contributed by atoms with Gasteiger partial charge in [0.25, 0.3) is 5.91 Å². The number of H-pyrrole nitrogens is 1. The molecule has 7 heteroatoms. The molecule has 0 unspecified atom stereocenters. The lowest BCUT2D eigenvalue weighted by Crippen LogP contribution is -2.27. The summed E-state index contributed by atoms with van der Waals surface area (Å²) in [6.45, 7) is 3.35. The van der Waals surface area contributed by atoms with Crippen molar-refractivity contribution in [2.75, 3.05) is 13.1 Å². The third-order valence-corrected chi connectivity index (χ3v) is 5.52. The first-order valence-corrected chi connectivity index (χ1v) is 9.94. The highest BCUT2D eigenvalue weighted by molar-refractivity contribution is 6.24. The Morgan fingerprint density at radius 3 is 2.52 bits per heavy atom. The summed E-state index contributed by atoms with van der Waals surface area (Å²) in [4.78, 5) is 30.5. The van der Waals surface area contributed by atoms with Crippen molar-refractivity contribution in [3.05, 3.63) is 81.4 Å². The molecule has 3 aromatic rings. The molecule has 1 aromatic heterocycles. The number of carbonyl (C=O) groups is 1. The molecule has 0 spiro atoms. The van der Waals surface area contributed by atoms with Gasteiger partial charge in [-0.1, -0.05) is 24.3 Å². The van der Waals surface area contributed by atoms with Gasteiger partial charge in [0.05, 0.1) is 6.54 Å². The van der Waals surface area contributed by atoms with Crippen molar-refractivity contribution in [1.82, 2.24) is 14.3 Å². The largest absolute Gasteiger partial charge is 0.360 e. The van der Waals surface area contributed by atoms with Crippen LogP contribution in [0.1, 0.15) is 34.3 Å². The monoisotopic (exact) mass is 413 g/mol. The summed E-state index contributed by atoms with van der Waals surface area (Å²) >= 11 is 6.18. The standard InChI is InChI=1S/C22H21ClFN3O2/c23-27(14-16-5-3-15(4-6-16)13-26-9-1-2-10-26)22(29)19-12-25-20-8-7-17(24)11-18(20)21(19)28/h3-8,11-12H,1-2,9-10,13-14H2,(H,25,28). The minimum atomic E-state index is -0.625. The lowest BCUT2D eigenvalue weighted by molar-refractivity contribution is 0.0856. The Morgan fingerprint density at radius 1 is 1.10 bits per heavy atom.